The molecule has 1 fully saturated rings. The van der Waals surface area contributed by atoms with Gasteiger partial charge in [0.1, 0.15) is 0 Å². The van der Waals surface area contributed by atoms with Crippen LogP contribution in [0.5, 0.6) is 0 Å². The van der Waals surface area contributed by atoms with Gasteiger partial charge < -0.3 is 5.32 Å². The Morgan fingerprint density at radius 1 is 1.29 bits per heavy atom. The average molecular weight is 215 g/mol. The van der Waals surface area contributed by atoms with Crippen LogP contribution in [0.25, 0.3) is 0 Å². The van der Waals surface area contributed by atoms with E-state index in [1.165, 1.54) is 32.2 Å². The van der Waals surface area contributed by atoms with Crippen LogP contribution in [0.3, 0.4) is 0 Å². The Morgan fingerprint density at radius 3 is 2.21 bits per heavy atom. The zero-order chi connectivity index (χ0) is 10.6. The van der Waals surface area contributed by atoms with Crippen LogP contribution in [0.1, 0.15) is 46.5 Å². The first-order valence-electron chi connectivity index (χ1n) is 5.94. The minimum absolute atomic E-state index is 0.485. The molecule has 0 unspecified atom stereocenters. The van der Waals surface area contributed by atoms with Gasteiger partial charge in [-0.3, -0.25) is 0 Å². The Hall–Kier alpha value is 0.310. The quantitative estimate of drug-likeness (QED) is 0.729. The first-order chi connectivity index (χ1) is 6.65. The lowest BCUT2D eigenvalue weighted by atomic mass is 9.81. The molecule has 1 N–H and O–H groups in total. The summed E-state index contributed by atoms with van der Waals surface area (Å²) in [6, 6.07) is 0.814. The van der Waals surface area contributed by atoms with Gasteiger partial charge in [-0.2, -0.15) is 11.8 Å². The number of hydrogen-bond acceptors (Lipinski definition) is 2. The summed E-state index contributed by atoms with van der Waals surface area (Å²) in [5.41, 5.74) is 0. The van der Waals surface area contributed by atoms with E-state index in [0.29, 0.717) is 4.75 Å². The molecule has 0 spiro atoms. The summed E-state index contributed by atoms with van der Waals surface area (Å²) in [6.07, 6.45) is 7.58. The van der Waals surface area contributed by atoms with E-state index in [-0.39, 0.29) is 0 Å². The number of thioether (sulfide) groups is 1. The van der Waals surface area contributed by atoms with Gasteiger partial charge in [-0.25, -0.2) is 0 Å². The molecule has 84 valence electrons. The molecule has 0 atom stereocenters. The Morgan fingerprint density at radius 2 is 1.86 bits per heavy atom. The Balaban J connectivity index is 2.26. The van der Waals surface area contributed by atoms with Crippen molar-refractivity contribution in [2.24, 2.45) is 5.92 Å². The van der Waals surface area contributed by atoms with Crippen LogP contribution in [0.2, 0.25) is 0 Å². The molecule has 0 amide bonds. The lowest BCUT2D eigenvalue weighted by Gasteiger charge is -2.38. The van der Waals surface area contributed by atoms with Crippen molar-refractivity contribution < 1.29 is 0 Å². The third-order valence-corrected chi connectivity index (χ3v) is 5.40. The fourth-order valence-electron chi connectivity index (χ4n) is 2.26. The van der Waals surface area contributed by atoms with E-state index in [9.17, 15) is 0 Å². The van der Waals surface area contributed by atoms with Crippen molar-refractivity contribution in [3.63, 3.8) is 0 Å². The van der Waals surface area contributed by atoms with Crippen LogP contribution in [0.15, 0.2) is 0 Å². The van der Waals surface area contributed by atoms with E-state index in [2.05, 4.69) is 32.3 Å². The van der Waals surface area contributed by atoms with Crippen molar-refractivity contribution in [2.45, 2.75) is 57.2 Å². The molecule has 1 nitrogen and oxygen atoms in total. The number of nitrogens with one attached hydrogen (secondary N) is 1. The highest BCUT2D eigenvalue weighted by atomic mass is 32.2. The largest absolute Gasteiger partial charge is 0.313 e. The van der Waals surface area contributed by atoms with Gasteiger partial charge in [-0.15, -0.1) is 0 Å². The summed E-state index contributed by atoms with van der Waals surface area (Å²) in [5, 5.41) is 3.72. The molecular formula is C12H25NS. The second-order valence-electron chi connectivity index (χ2n) is 4.75. The van der Waals surface area contributed by atoms with Gasteiger partial charge in [0.25, 0.3) is 0 Å². The summed E-state index contributed by atoms with van der Waals surface area (Å²) >= 11 is 2.03. The molecule has 0 aromatic carbocycles. The Labute approximate surface area is 93.4 Å². The summed E-state index contributed by atoms with van der Waals surface area (Å²) in [5.74, 6) is 0.958. The second-order valence-corrected chi connectivity index (χ2v) is 6.02. The van der Waals surface area contributed by atoms with Crippen molar-refractivity contribution in [1.29, 1.82) is 0 Å². The molecule has 0 heterocycles. The first-order valence-corrected chi connectivity index (χ1v) is 7.16. The van der Waals surface area contributed by atoms with Crippen LogP contribution in [-0.2, 0) is 0 Å². The van der Waals surface area contributed by atoms with Crippen molar-refractivity contribution in [3.8, 4) is 0 Å². The van der Waals surface area contributed by atoms with E-state index in [1.807, 2.05) is 11.8 Å². The molecule has 1 aliphatic carbocycles. The zero-order valence-corrected chi connectivity index (χ0v) is 10.9. The topological polar surface area (TPSA) is 12.0 Å². The Bertz CT molecular complexity index is 151. The molecule has 1 rings (SSSR count). The number of rotatable bonds is 6. The highest BCUT2D eigenvalue weighted by Gasteiger charge is 2.29. The highest BCUT2D eigenvalue weighted by Crippen LogP contribution is 2.32. The van der Waals surface area contributed by atoms with Crippen molar-refractivity contribution in [2.75, 3.05) is 12.8 Å². The smallest absolute Gasteiger partial charge is 0.0276 e. The monoisotopic (exact) mass is 215 g/mol. The van der Waals surface area contributed by atoms with Crippen molar-refractivity contribution in [3.05, 3.63) is 0 Å². The maximum absolute atomic E-state index is 3.72. The summed E-state index contributed by atoms with van der Waals surface area (Å²) in [7, 11) is 0. The molecule has 0 aliphatic heterocycles. The fourth-order valence-corrected chi connectivity index (χ4v) is 3.07. The molecule has 1 saturated carbocycles. The average Bonchev–Trinajstić information content (AvgIpc) is 2.17. The van der Waals surface area contributed by atoms with Gasteiger partial charge in [0.05, 0.1) is 0 Å². The molecule has 0 radical (unpaired) electrons. The van der Waals surface area contributed by atoms with Crippen LogP contribution in [-0.4, -0.2) is 23.6 Å². The third-order valence-electron chi connectivity index (χ3n) is 3.81. The fraction of sp³-hybridized carbons (Fsp3) is 1.00. The van der Waals surface area contributed by atoms with E-state index >= 15 is 0 Å². The maximum atomic E-state index is 3.72. The van der Waals surface area contributed by atoms with E-state index < -0.39 is 0 Å². The van der Waals surface area contributed by atoms with E-state index in [0.717, 1.165) is 12.0 Å². The van der Waals surface area contributed by atoms with Gasteiger partial charge in [0.15, 0.2) is 0 Å². The van der Waals surface area contributed by atoms with E-state index in [1.54, 1.807) is 0 Å². The van der Waals surface area contributed by atoms with Crippen LogP contribution in [0, 0.1) is 5.92 Å². The lowest BCUT2D eigenvalue weighted by Crippen LogP contribution is -2.46. The maximum Gasteiger partial charge on any atom is 0.0276 e. The van der Waals surface area contributed by atoms with Crippen molar-refractivity contribution in [1.82, 2.24) is 5.32 Å². The molecule has 14 heavy (non-hydrogen) atoms. The predicted octanol–water partition coefficient (Wildman–Crippen LogP) is 3.30. The summed E-state index contributed by atoms with van der Waals surface area (Å²) in [4.78, 5) is 0. The van der Waals surface area contributed by atoms with Gasteiger partial charge in [0, 0.05) is 17.3 Å². The summed E-state index contributed by atoms with van der Waals surface area (Å²) in [6.45, 7) is 8.16. The van der Waals surface area contributed by atoms with Gasteiger partial charge in [-0.1, -0.05) is 20.8 Å². The van der Waals surface area contributed by atoms with E-state index in [4.69, 9.17) is 0 Å². The van der Waals surface area contributed by atoms with Gasteiger partial charge >= 0.3 is 0 Å². The molecule has 0 aromatic heterocycles. The molecule has 1 aliphatic rings. The second kappa shape index (κ2) is 5.41. The predicted molar refractivity (Wildman–Crippen MR) is 67.0 cm³/mol. The Kier molecular flexibility index (Phi) is 4.78. The SMILES string of the molecule is CCC(CC)(CNC1CC(C)C1)SC. The minimum atomic E-state index is 0.485. The summed E-state index contributed by atoms with van der Waals surface area (Å²) < 4.78 is 0.485. The van der Waals surface area contributed by atoms with Gasteiger partial charge in [-0.05, 0) is 37.9 Å². The zero-order valence-electron chi connectivity index (χ0n) is 10.1. The minimum Gasteiger partial charge on any atom is -0.313 e. The standard InChI is InChI=1S/C12H25NS/c1-5-12(6-2,14-4)9-13-11-7-10(3)8-11/h10-11,13H,5-9H2,1-4H3. The van der Waals surface area contributed by atoms with Gasteiger partial charge in [0.2, 0.25) is 0 Å². The normalized spacial score (nSPS) is 27.4. The van der Waals surface area contributed by atoms with Crippen molar-refractivity contribution >= 4 is 11.8 Å². The highest BCUT2D eigenvalue weighted by molar-refractivity contribution is 8.00. The number of hydrogen-bond donors (Lipinski definition) is 1. The van der Waals surface area contributed by atoms with Crippen LogP contribution < -0.4 is 5.32 Å². The first kappa shape index (κ1) is 12.4. The molecule has 0 saturated heterocycles. The molecular weight excluding hydrogens is 190 g/mol. The van der Waals surface area contributed by atoms with Crippen LogP contribution in [0.4, 0.5) is 0 Å². The molecule has 2 heteroatoms. The third kappa shape index (κ3) is 2.90. The molecule has 0 bridgehead atoms. The molecule has 0 aromatic rings. The van der Waals surface area contributed by atoms with Crippen LogP contribution >= 0.6 is 11.8 Å². The lowest BCUT2D eigenvalue weighted by molar-refractivity contribution is 0.234.